The molecule has 10 heteroatoms. The average Bonchev–Trinajstić information content (AvgIpc) is 2.64. The molecule has 1 aromatic carbocycles. The molecule has 1 aromatic heterocycles. The number of aromatic nitrogens is 2. The molecular formula is C18H19F3N4O3. The van der Waals surface area contributed by atoms with E-state index in [1.165, 1.54) is 47.8 Å². The van der Waals surface area contributed by atoms with E-state index in [2.05, 4.69) is 0 Å². The molecule has 0 atom stereocenters. The summed E-state index contributed by atoms with van der Waals surface area (Å²) in [5.74, 6) is -0.0758. The van der Waals surface area contributed by atoms with Gasteiger partial charge >= 0.3 is 11.9 Å². The summed E-state index contributed by atoms with van der Waals surface area (Å²) < 4.78 is 41.7. The van der Waals surface area contributed by atoms with Crippen molar-refractivity contribution in [2.45, 2.75) is 12.7 Å². The van der Waals surface area contributed by atoms with Crippen LogP contribution in [-0.4, -0.2) is 39.6 Å². The Balaban J connectivity index is 1.80. The fourth-order valence-electron chi connectivity index (χ4n) is 3.24. The molecule has 0 aliphatic carbocycles. The van der Waals surface area contributed by atoms with E-state index in [0.29, 0.717) is 12.4 Å². The van der Waals surface area contributed by atoms with Gasteiger partial charge in [-0.1, -0.05) is 18.2 Å². The smallest absolute Gasteiger partial charge is 0.347 e. The molecule has 1 saturated heterocycles. The summed E-state index contributed by atoms with van der Waals surface area (Å²) in [7, 11) is 2.85. The van der Waals surface area contributed by atoms with Crippen LogP contribution in [0.5, 0.6) is 0 Å². The summed E-state index contributed by atoms with van der Waals surface area (Å²) in [6.45, 7) is 0.182. The number of nitrogens with zero attached hydrogens (tertiary/aromatic N) is 4. The number of anilines is 1. The van der Waals surface area contributed by atoms with Crippen LogP contribution < -0.4 is 16.1 Å². The minimum Gasteiger partial charge on any atom is -0.347 e. The number of hydrogen-bond donors (Lipinski definition) is 0. The Morgan fingerprint density at radius 1 is 1.00 bits per heavy atom. The maximum Gasteiger partial charge on any atom is 0.416 e. The van der Waals surface area contributed by atoms with Gasteiger partial charge in [-0.15, -0.1) is 0 Å². The maximum atomic E-state index is 13.2. The second-order valence-electron chi connectivity index (χ2n) is 6.63. The summed E-state index contributed by atoms with van der Waals surface area (Å²) in [5.41, 5.74) is -1.75. The predicted octanol–water partition coefficient (Wildman–Crippen LogP) is 0.952. The number of carbonyl (C=O) groups is 1. The summed E-state index contributed by atoms with van der Waals surface area (Å²) in [5, 5.41) is 0. The highest BCUT2D eigenvalue weighted by Crippen LogP contribution is 2.32. The first-order valence-electron chi connectivity index (χ1n) is 8.54. The molecule has 28 heavy (non-hydrogen) atoms. The standard InChI is InChI=1S/C18H19F3N4O3/c1-22-14(9-15(26)23(2)17(22)28)24-7-8-25(16(27)11-24)10-12-5-3-4-6-13(12)18(19,20)21/h3-6,9H,7-8,10-11H2,1-2H3. The Bertz CT molecular complexity index is 1030. The first kappa shape index (κ1) is 19.7. The molecule has 0 unspecified atom stereocenters. The zero-order valence-corrected chi connectivity index (χ0v) is 15.4. The number of carbonyl (C=O) groups excluding carboxylic acids is 1. The van der Waals surface area contributed by atoms with Crippen LogP contribution >= 0.6 is 0 Å². The molecule has 0 spiro atoms. The van der Waals surface area contributed by atoms with Crippen LogP contribution in [0.15, 0.2) is 39.9 Å². The van der Waals surface area contributed by atoms with Crippen molar-refractivity contribution in [3.63, 3.8) is 0 Å². The SMILES string of the molecule is Cn1c(N2CCN(Cc3ccccc3C(F)(F)F)C(=O)C2)cc(=O)n(C)c1=O. The van der Waals surface area contributed by atoms with Crippen molar-refractivity contribution in [1.82, 2.24) is 14.0 Å². The molecule has 0 N–H and O–H groups in total. The zero-order chi connectivity index (χ0) is 20.6. The molecule has 1 aliphatic heterocycles. The fourth-order valence-corrected chi connectivity index (χ4v) is 3.24. The van der Waals surface area contributed by atoms with Crippen molar-refractivity contribution in [2.24, 2.45) is 14.1 Å². The number of rotatable bonds is 3. The monoisotopic (exact) mass is 396 g/mol. The Morgan fingerprint density at radius 2 is 1.68 bits per heavy atom. The Labute approximate surface area is 158 Å². The quantitative estimate of drug-likeness (QED) is 0.775. The van der Waals surface area contributed by atoms with E-state index < -0.39 is 23.0 Å². The number of piperazine rings is 1. The molecule has 3 rings (SSSR count). The van der Waals surface area contributed by atoms with Crippen LogP contribution in [0.25, 0.3) is 0 Å². The molecule has 1 aliphatic rings. The lowest BCUT2D eigenvalue weighted by Gasteiger charge is -2.36. The molecular weight excluding hydrogens is 377 g/mol. The van der Waals surface area contributed by atoms with E-state index in [9.17, 15) is 27.6 Å². The van der Waals surface area contributed by atoms with Gasteiger partial charge in [-0.25, -0.2) is 4.79 Å². The van der Waals surface area contributed by atoms with E-state index in [1.54, 1.807) is 4.90 Å². The Morgan fingerprint density at radius 3 is 2.32 bits per heavy atom. The van der Waals surface area contributed by atoms with E-state index in [4.69, 9.17) is 0 Å². The third-order valence-electron chi connectivity index (χ3n) is 4.83. The van der Waals surface area contributed by atoms with E-state index in [1.807, 2.05) is 0 Å². The maximum absolute atomic E-state index is 13.2. The third-order valence-corrected chi connectivity index (χ3v) is 4.83. The molecule has 7 nitrogen and oxygen atoms in total. The lowest BCUT2D eigenvalue weighted by molar-refractivity contribution is -0.140. The minimum absolute atomic E-state index is 0.0257. The van der Waals surface area contributed by atoms with Crippen molar-refractivity contribution in [1.29, 1.82) is 0 Å². The minimum atomic E-state index is -4.50. The number of hydrogen-bond acceptors (Lipinski definition) is 4. The van der Waals surface area contributed by atoms with Gasteiger partial charge in [0.05, 0.1) is 12.1 Å². The van der Waals surface area contributed by atoms with Gasteiger partial charge in [-0.3, -0.25) is 18.7 Å². The van der Waals surface area contributed by atoms with Gasteiger partial charge < -0.3 is 9.80 Å². The zero-order valence-electron chi connectivity index (χ0n) is 15.4. The van der Waals surface area contributed by atoms with Crippen molar-refractivity contribution < 1.29 is 18.0 Å². The summed E-state index contributed by atoms with van der Waals surface area (Å²) in [6.07, 6.45) is -4.50. The number of benzene rings is 1. The lowest BCUT2D eigenvalue weighted by Crippen LogP contribution is -2.52. The van der Waals surface area contributed by atoms with E-state index in [0.717, 1.165) is 10.6 Å². The summed E-state index contributed by atoms with van der Waals surface area (Å²) in [4.78, 5) is 39.4. The van der Waals surface area contributed by atoms with Gasteiger partial charge in [-0.2, -0.15) is 13.2 Å². The second kappa shape index (κ2) is 7.17. The second-order valence-corrected chi connectivity index (χ2v) is 6.63. The van der Waals surface area contributed by atoms with Gasteiger partial charge in [0.1, 0.15) is 5.82 Å². The van der Waals surface area contributed by atoms with E-state index in [-0.39, 0.29) is 31.1 Å². The van der Waals surface area contributed by atoms with Crippen LogP contribution in [0, 0.1) is 0 Å². The first-order valence-corrected chi connectivity index (χ1v) is 8.54. The fraction of sp³-hybridized carbons (Fsp3) is 0.389. The van der Waals surface area contributed by atoms with Crippen LogP contribution in [0.1, 0.15) is 11.1 Å². The topological polar surface area (TPSA) is 67.5 Å². The van der Waals surface area contributed by atoms with Crippen LogP contribution in [-0.2, 0) is 31.6 Å². The molecule has 0 radical (unpaired) electrons. The number of amides is 1. The van der Waals surface area contributed by atoms with Crippen LogP contribution in [0.4, 0.5) is 19.0 Å². The summed E-state index contributed by atoms with van der Waals surface area (Å²) in [6, 6.07) is 6.42. The van der Waals surface area contributed by atoms with Crippen molar-refractivity contribution >= 4 is 11.7 Å². The third kappa shape index (κ3) is 3.67. The summed E-state index contributed by atoms with van der Waals surface area (Å²) >= 11 is 0. The normalized spacial score (nSPS) is 15.2. The predicted molar refractivity (Wildman–Crippen MR) is 96.0 cm³/mol. The molecule has 2 heterocycles. The Kier molecular flexibility index (Phi) is 5.05. The molecule has 1 fully saturated rings. The van der Waals surface area contributed by atoms with Gasteiger partial charge in [0, 0.05) is 39.8 Å². The largest absolute Gasteiger partial charge is 0.416 e. The van der Waals surface area contributed by atoms with Gasteiger partial charge in [0.2, 0.25) is 5.91 Å². The van der Waals surface area contributed by atoms with Crippen LogP contribution in [0.3, 0.4) is 0 Å². The number of halogens is 3. The average molecular weight is 396 g/mol. The highest BCUT2D eigenvalue weighted by molar-refractivity contribution is 5.82. The van der Waals surface area contributed by atoms with E-state index >= 15 is 0 Å². The highest BCUT2D eigenvalue weighted by Gasteiger charge is 2.34. The molecule has 0 saturated carbocycles. The van der Waals surface area contributed by atoms with Gasteiger partial charge in [0.15, 0.2) is 0 Å². The first-order chi connectivity index (χ1) is 13.1. The van der Waals surface area contributed by atoms with Crippen LogP contribution in [0.2, 0.25) is 0 Å². The van der Waals surface area contributed by atoms with Crippen molar-refractivity contribution in [3.8, 4) is 0 Å². The van der Waals surface area contributed by atoms with Gasteiger partial charge in [0.25, 0.3) is 5.56 Å². The Hall–Kier alpha value is -3.04. The van der Waals surface area contributed by atoms with Gasteiger partial charge in [-0.05, 0) is 11.6 Å². The lowest BCUT2D eigenvalue weighted by atomic mass is 10.1. The molecule has 1 amide bonds. The van der Waals surface area contributed by atoms with Crippen molar-refractivity contribution in [3.05, 3.63) is 62.3 Å². The van der Waals surface area contributed by atoms with Crippen molar-refractivity contribution in [2.75, 3.05) is 24.5 Å². The molecule has 0 bridgehead atoms. The molecule has 2 aromatic rings. The molecule has 150 valence electrons. The number of alkyl halides is 3. The highest BCUT2D eigenvalue weighted by atomic mass is 19.4.